The Morgan fingerprint density at radius 3 is 1.89 bits per heavy atom. The summed E-state index contributed by atoms with van der Waals surface area (Å²) in [6.07, 6.45) is 14.7. The Bertz CT molecular complexity index is 485. The predicted molar refractivity (Wildman–Crippen MR) is 117 cm³/mol. The molecule has 2 rings (SSSR count). The molecule has 0 aromatic carbocycles. The zero-order valence-electron chi connectivity index (χ0n) is 18.2. The predicted octanol–water partition coefficient (Wildman–Crippen LogP) is 4.37. The quantitative estimate of drug-likeness (QED) is 0.533. The van der Waals surface area contributed by atoms with Crippen molar-refractivity contribution in [2.75, 3.05) is 14.1 Å². The van der Waals surface area contributed by atoms with Gasteiger partial charge in [0.2, 0.25) is 5.96 Å². The van der Waals surface area contributed by atoms with Crippen molar-refractivity contribution in [1.29, 1.82) is 0 Å². The topological polar surface area (TPSA) is 80.0 Å². The molecule has 0 radical (unpaired) electrons. The molecule has 0 amide bonds. The standard InChI is InChI=1S/C22H43N5/c1-16(2)15-19(17-11-7-5-8-12-17)20(18-13-9-6-10-14-18)25-21(23)26-22(24)27(3)4/h16-20H,5-15H2,1-4H3,(H4,23,24,25,26). The van der Waals surface area contributed by atoms with E-state index in [1.165, 1.54) is 70.6 Å². The van der Waals surface area contributed by atoms with Crippen LogP contribution in [0.2, 0.25) is 0 Å². The first kappa shape index (κ1) is 22.0. The minimum Gasteiger partial charge on any atom is -0.369 e. The number of nitrogens with two attached hydrogens (primary N) is 2. The number of hydrogen-bond acceptors (Lipinski definition) is 1. The van der Waals surface area contributed by atoms with E-state index in [0.717, 1.165) is 5.92 Å². The second kappa shape index (κ2) is 10.9. The first-order valence-corrected chi connectivity index (χ1v) is 11.2. The average Bonchev–Trinajstić information content (AvgIpc) is 2.65. The lowest BCUT2D eigenvalue weighted by Crippen LogP contribution is -2.38. The van der Waals surface area contributed by atoms with E-state index in [0.29, 0.717) is 35.7 Å². The molecule has 2 unspecified atom stereocenters. The van der Waals surface area contributed by atoms with Gasteiger partial charge >= 0.3 is 0 Å². The Morgan fingerprint density at radius 2 is 1.41 bits per heavy atom. The molecule has 2 atom stereocenters. The Morgan fingerprint density at radius 1 is 0.889 bits per heavy atom. The smallest absolute Gasteiger partial charge is 0.218 e. The maximum Gasteiger partial charge on any atom is 0.218 e. The van der Waals surface area contributed by atoms with Crippen LogP contribution in [0.1, 0.15) is 84.5 Å². The zero-order chi connectivity index (χ0) is 19.8. The molecule has 5 heteroatoms. The van der Waals surface area contributed by atoms with E-state index in [9.17, 15) is 0 Å². The van der Waals surface area contributed by atoms with Gasteiger partial charge < -0.3 is 16.4 Å². The van der Waals surface area contributed by atoms with Crippen LogP contribution in [0.3, 0.4) is 0 Å². The summed E-state index contributed by atoms with van der Waals surface area (Å²) in [5, 5.41) is 0. The summed E-state index contributed by atoms with van der Waals surface area (Å²) in [5.41, 5.74) is 12.3. The first-order chi connectivity index (χ1) is 12.9. The highest BCUT2D eigenvalue weighted by molar-refractivity contribution is 5.93. The third kappa shape index (κ3) is 7.00. The number of rotatable bonds is 6. The molecule has 2 aliphatic rings. The molecule has 0 saturated heterocycles. The van der Waals surface area contributed by atoms with E-state index >= 15 is 0 Å². The van der Waals surface area contributed by atoms with E-state index in [1.54, 1.807) is 4.90 Å². The summed E-state index contributed by atoms with van der Waals surface area (Å²) in [5.74, 6) is 3.55. The van der Waals surface area contributed by atoms with Crippen LogP contribution in [0.15, 0.2) is 9.98 Å². The number of aliphatic imine (C=N–C) groups is 2. The normalized spacial score (nSPS) is 23.4. The van der Waals surface area contributed by atoms with Crippen molar-refractivity contribution in [3.63, 3.8) is 0 Å². The molecule has 2 aliphatic carbocycles. The molecule has 2 saturated carbocycles. The molecular formula is C22H43N5. The Labute approximate surface area is 167 Å². The van der Waals surface area contributed by atoms with Crippen molar-refractivity contribution < 1.29 is 0 Å². The van der Waals surface area contributed by atoms with Crippen LogP contribution in [-0.2, 0) is 0 Å². The minimum absolute atomic E-state index is 0.300. The lowest BCUT2D eigenvalue weighted by molar-refractivity contribution is 0.140. The summed E-state index contributed by atoms with van der Waals surface area (Å²) in [6, 6.07) is 0.300. The van der Waals surface area contributed by atoms with E-state index in [2.05, 4.69) is 18.8 Å². The van der Waals surface area contributed by atoms with Gasteiger partial charge in [-0.3, -0.25) is 0 Å². The highest BCUT2D eigenvalue weighted by Gasteiger charge is 2.36. The molecular weight excluding hydrogens is 334 g/mol. The van der Waals surface area contributed by atoms with Crippen molar-refractivity contribution in [3.05, 3.63) is 0 Å². The number of guanidine groups is 2. The van der Waals surface area contributed by atoms with Gasteiger partial charge in [-0.25, -0.2) is 4.99 Å². The molecule has 4 N–H and O–H groups in total. The largest absolute Gasteiger partial charge is 0.369 e. The van der Waals surface area contributed by atoms with E-state index in [-0.39, 0.29) is 0 Å². The van der Waals surface area contributed by atoms with Crippen molar-refractivity contribution in [2.45, 2.75) is 90.5 Å². The lowest BCUT2D eigenvalue weighted by atomic mass is 9.68. The molecule has 27 heavy (non-hydrogen) atoms. The van der Waals surface area contributed by atoms with Crippen LogP contribution in [0.4, 0.5) is 0 Å². The molecule has 0 bridgehead atoms. The van der Waals surface area contributed by atoms with E-state index in [4.69, 9.17) is 16.5 Å². The monoisotopic (exact) mass is 377 g/mol. The van der Waals surface area contributed by atoms with Gasteiger partial charge in [-0.2, -0.15) is 4.99 Å². The molecule has 0 aliphatic heterocycles. The van der Waals surface area contributed by atoms with Gasteiger partial charge in [0, 0.05) is 14.1 Å². The highest BCUT2D eigenvalue weighted by Crippen LogP contribution is 2.41. The third-order valence-electron chi connectivity index (χ3n) is 6.54. The van der Waals surface area contributed by atoms with Crippen LogP contribution in [0.5, 0.6) is 0 Å². The van der Waals surface area contributed by atoms with Crippen LogP contribution in [0, 0.1) is 23.7 Å². The van der Waals surface area contributed by atoms with Gasteiger partial charge in [0.1, 0.15) is 0 Å². The maximum absolute atomic E-state index is 6.27. The minimum atomic E-state index is 0.300. The number of hydrogen-bond donors (Lipinski definition) is 2. The van der Waals surface area contributed by atoms with E-state index in [1.807, 2.05) is 14.1 Å². The molecule has 2 fully saturated rings. The molecule has 5 nitrogen and oxygen atoms in total. The van der Waals surface area contributed by atoms with Crippen LogP contribution in [-0.4, -0.2) is 37.0 Å². The highest BCUT2D eigenvalue weighted by atomic mass is 15.2. The molecule has 0 aromatic rings. The molecule has 0 spiro atoms. The Balaban J connectivity index is 2.30. The molecule has 0 heterocycles. The maximum atomic E-state index is 6.27. The summed E-state index contributed by atoms with van der Waals surface area (Å²) in [6.45, 7) is 4.70. The lowest BCUT2D eigenvalue weighted by Gasteiger charge is -2.40. The van der Waals surface area contributed by atoms with Crippen molar-refractivity contribution in [3.8, 4) is 0 Å². The van der Waals surface area contributed by atoms with Gasteiger partial charge in [0.25, 0.3) is 0 Å². The third-order valence-corrected chi connectivity index (χ3v) is 6.54. The summed E-state index contributed by atoms with van der Waals surface area (Å²) >= 11 is 0. The van der Waals surface area contributed by atoms with Gasteiger partial charge in [0.15, 0.2) is 5.96 Å². The summed E-state index contributed by atoms with van der Waals surface area (Å²) in [4.78, 5) is 11.2. The number of nitrogens with zero attached hydrogens (tertiary/aromatic N) is 3. The van der Waals surface area contributed by atoms with Crippen molar-refractivity contribution in [1.82, 2.24) is 4.90 Å². The Hall–Kier alpha value is -1.26. The van der Waals surface area contributed by atoms with Crippen LogP contribution < -0.4 is 11.5 Å². The van der Waals surface area contributed by atoms with Gasteiger partial charge in [-0.15, -0.1) is 0 Å². The molecule has 0 aromatic heterocycles. The van der Waals surface area contributed by atoms with Gasteiger partial charge in [0.05, 0.1) is 6.04 Å². The fourth-order valence-electron chi connectivity index (χ4n) is 5.14. The second-order valence-corrected chi connectivity index (χ2v) is 9.43. The fraction of sp³-hybridized carbons (Fsp3) is 0.909. The SMILES string of the molecule is CC(C)CC(C1CCCCC1)C(N=C(N)N=C(N)N(C)C)C1CCCCC1. The fourth-order valence-corrected chi connectivity index (χ4v) is 5.14. The van der Waals surface area contributed by atoms with Crippen LogP contribution >= 0.6 is 0 Å². The average molecular weight is 378 g/mol. The first-order valence-electron chi connectivity index (χ1n) is 11.2. The van der Waals surface area contributed by atoms with Crippen molar-refractivity contribution >= 4 is 11.9 Å². The van der Waals surface area contributed by atoms with Crippen LogP contribution in [0.25, 0.3) is 0 Å². The molecule has 156 valence electrons. The Kier molecular flexibility index (Phi) is 8.91. The van der Waals surface area contributed by atoms with Gasteiger partial charge in [-0.1, -0.05) is 65.2 Å². The zero-order valence-corrected chi connectivity index (χ0v) is 18.2. The van der Waals surface area contributed by atoms with Gasteiger partial charge in [-0.05, 0) is 42.9 Å². The summed E-state index contributed by atoms with van der Waals surface area (Å²) < 4.78 is 0. The van der Waals surface area contributed by atoms with Crippen molar-refractivity contribution in [2.24, 2.45) is 45.1 Å². The summed E-state index contributed by atoms with van der Waals surface area (Å²) in [7, 11) is 3.77. The second-order valence-electron chi connectivity index (χ2n) is 9.43. The van der Waals surface area contributed by atoms with E-state index < -0.39 is 0 Å².